The molecule has 1 fully saturated rings. The van der Waals surface area contributed by atoms with Crippen molar-refractivity contribution in [3.63, 3.8) is 0 Å². The zero-order valence-electron chi connectivity index (χ0n) is 9.04. The summed E-state index contributed by atoms with van der Waals surface area (Å²) in [6, 6.07) is 6.96. The van der Waals surface area contributed by atoms with Gasteiger partial charge in [-0.25, -0.2) is 0 Å². The van der Waals surface area contributed by atoms with Gasteiger partial charge in [-0.05, 0) is 59.9 Å². The Morgan fingerprint density at radius 2 is 2.33 bits per heavy atom. The van der Waals surface area contributed by atoms with Gasteiger partial charge in [-0.15, -0.1) is 0 Å². The van der Waals surface area contributed by atoms with Gasteiger partial charge in [0, 0.05) is 22.7 Å². The highest BCUT2D eigenvalue weighted by Crippen LogP contribution is 2.23. The van der Waals surface area contributed by atoms with Crippen LogP contribution in [0.15, 0.2) is 22.7 Å². The molecule has 0 aliphatic carbocycles. The lowest BCUT2D eigenvalue weighted by Gasteiger charge is -2.21. The zero-order valence-corrected chi connectivity index (χ0v) is 10.6. The molecule has 82 valence electrons. The number of nitrogen functional groups attached to an aromatic ring is 1. The Morgan fingerprint density at radius 3 is 2.93 bits per heavy atom. The molecule has 1 unspecified atom stereocenters. The topological polar surface area (TPSA) is 29.3 Å². The molecule has 0 aromatic heterocycles. The van der Waals surface area contributed by atoms with Crippen molar-refractivity contribution in [1.82, 2.24) is 4.90 Å². The highest BCUT2D eigenvalue weighted by Gasteiger charge is 2.19. The van der Waals surface area contributed by atoms with Crippen molar-refractivity contribution < 1.29 is 0 Å². The third-order valence-corrected chi connectivity index (χ3v) is 3.86. The Balaban J connectivity index is 2.07. The minimum absolute atomic E-state index is 0.717. The number of anilines is 1. The minimum atomic E-state index is 0.717. The van der Waals surface area contributed by atoms with E-state index in [0.29, 0.717) is 0 Å². The number of rotatable bonds is 2. The van der Waals surface area contributed by atoms with Gasteiger partial charge in [-0.3, -0.25) is 4.90 Å². The lowest BCUT2D eigenvalue weighted by atomic mass is 10.2. The van der Waals surface area contributed by atoms with Crippen LogP contribution in [0.5, 0.6) is 0 Å². The molecule has 1 aliphatic heterocycles. The average molecular weight is 269 g/mol. The smallest absolute Gasteiger partial charge is 0.0461 e. The van der Waals surface area contributed by atoms with E-state index in [1.165, 1.54) is 24.9 Å². The van der Waals surface area contributed by atoms with Crippen molar-refractivity contribution in [1.29, 1.82) is 0 Å². The number of likely N-dealkylation sites (tertiary alicyclic amines) is 1. The van der Waals surface area contributed by atoms with E-state index in [9.17, 15) is 0 Å². The van der Waals surface area contributed by atoms with E-state index in [2.05, 4.69) is 39.9 Å². The molecule has 0 bridgehead atoms. The summed E-state index contributed by atoms with van der Waals surface area (Å²) >= 11 is 3.42. The van der Waals surface area contributed by atoms with Crippen LogP contribution in [0.25, 0.3) is 0 Å². The van der Waals surface area contributed by atoms with Gasteiger partial charge in [0.25, 0.3) is 0 Å². The molecule has 15 heavy (non-hydrogen) atoms. The fourth-order valence-corrected chi connectivity index (χ4v) is 2.40. The van der Waals surface area contributed by atoms with Crippen LogP contribution in [-0.4, -0.2) is 17.5 Å². The summed E-state index contributed by atoms with van der Waals surface area (Å²) in [4.78, 5) is 2.52. The van der Waals surface area contributed by atoms with E-state index in [1.54, 1.807) is 0 Å². The van der Waals surface area contributed by atoms with Crippen molar-refractivity contribution in [2.75, 3.05) is 12.3 Å². The Kier molecular flexibility index (Phi) is 3.32. The Bertz CT molecular complexity index is 351. The normalized spacial score (nSPS) is 22.1. The van der Waals surface area contributed by atoms with Crippen molar-refractivity contribution >= 4 is 21.6 Å². The Labute approximate surface area is 99.6 Å². The van der Waals surface area contributed by atoms with Crippen molar-refractivity contribution in [2.24, 2.45) is 0 Å². The van der Waals surface area contributed by atoms with Crippen LogP contribution >= 0.6 is 15.9 Å². The first kappa shape index (κ1) is 11.0. The second-order valence-electron chi connectivity index (χ2n) is 4.32. The van der Waals surface area contributed by atoms with Gasteiger partial charge in [0.15, 0.2) is 0 Å². The standard InChI is InChI=1S/C12H17BrN2/c1-9-3-2-6-15(9)8-10-4-5-11(13)12(14)7-10/h4-5,7,9H,2-3,6,8,14H2,1H3. The largest absolute Gasteiger partial charge is 0.398 e. The molecular weight excluding hydrogens is 252 g/mol. The molecule has 1 saturated heterocycles. The number of nitrogens with zero attached hydrogens (tertiary/aromatic N) is 1. The van der Waals surface area contributed by atoms with E-state index in [1.807, 2.05) is 6.07 Å². The molecule has 0 amide bonds. The van der Waals surface area contributed by atoms with Crippen molar-refractivity contribution in [2.45, 2.75) is 32.4 Å². The summed E-state index contributed by atoms with van der Waals surface area (Å²) in [5.41, 5.74) is 8.01. The summed E-state index contributed by atoms with van der Waals surface area (Å²) in [5, 5.41) is 0. The quantitative estimate of drug-likeness (QED) is 0.836. The molecule has 1 aliphatic rings. The predicted octanol–water partition coefficient (Wildman–Crippen LogP) is 3.02. The molecule has 1 aromatic carbocycles. The molecule has 2 nitrogen and oxygen atoms in total. The van der Waals surface area contributed by atoms with Crippen LogP contribution < -0.4 is 5.73 Å². The molecule has 2 N–H and O–H groups in total. The van der Waals surface area contributed by atoms with Gasteiger partial charge in [0.1, 0.15) is 0 Å². The van der Waals surface area contributed by atoms with Crippen LogP contribution in [0.3, 0.4) is 0 Å². The summed E-state index contributed by atoms with van der Waals surface area (Å²) in [5.74, 6) is 0. The number of benzene rings is 1. The van der Waals surface area contributed by atoms with Gasteiger partial charge in [-0.1, -0.05) is 6.07 Å². The number of hydrogen-bond donors (Lipinski definition) is 1. The fraction of sp³-hybridized carbons (Fsp3) is 0.500. The molecule has 1 heterocycles. The molecule has 0 saturated carbocycles. The minimum Gasteiger partial charge on any atom is -0.398 e. The molecule has 1 atom stereocenters. The first-order valence-corrected chi connectivity index (χ1v) is 6.24. The second-order valence-corrected chi connectivity index (χ2v) is 5.17. The number of nitrogens with two attached hydrogens (primary N) is 1. The molecule has 0 radical (unpaired) electrons. The van der Waals surface area contributed by atoms with Crippen molar-refractivity contribution in [3.05, 3.63) is 28.2 Å². The van der Waals surface area contributed by atoms with E-state index < -0.39 is 0 Å². The third kappa shape index (κ3) is 2.52. The first-order valence-electron chi connectivity index (χ1n) is 5.45. The number of halogens is 1. The fourth-order valence-electron chi connectivity index (χ4n) is 2.15. The molecule has 2 rings (SSSR count). The highest BCUT2D eigenvalue weighted by molar-refractivity contribution is 9.10. The van der Waals surface area contributed by atoms with Gasteiger partial charge >= 0.3 is 0 Å². The third-order valence-electron chi connectivity index (χ3n) is 3.14. The van der Waals surface area contributed by atoms with Gasteiger partial charge in [0.05, 0.1) is 0 Å². The highest BCUT2D eigenvalue weighted by atomic mass is 79.9. The summed E-state index contributed by atoms with van der Waals surface area (Å²) in [7, 11) is 0. The summed E-state index contributed by atoms with van der Waals surface area (Å²) in [6.45, 7) is 4.55. The number of hydrogen-bond acceptors (Lipinski definition) is 2. The zero-order chi connectivity index (χ0) is 10.8. The van der Waals surface area contributed by atoms with Gasteiger partial charge < -0.3 is 5.73 Å². The van der Waals surface area contributed by atoms with Crippen LogP contribution in [0.1, 0.15) is 25.3 Å². The monoisotopic (exact) mass is 268 g/mol. The first-order chi connectivity index (χ1) is 7.16. The maximum absolute atomic E-state index is 5.86. The van der Waals surface area contributed by atoms with E-state index in [-0.39, 0.29) is 0 Å². The SMILES string of the molecule is CC1CCCN1Cc1ccc(Br)c(N)c1. The summed E-state index contributed by atoms with van der Waals surface area (Å²) in [6.07, 6.45) is 2.65. The van der Waals surface area contributed by atoms with Crippen LogP contribution in [0, 0.1) is 0 Å². The molecule has 0 spiro atoms. The molecule has 1 aromatic rings. The lowest BCUT2D eigenvalue weighted by molar-refractivity contribution is 0.260. The average Bonchev–Trinajstić information content (AvgIpc) is 2.59. The molecule has 3 heteroatoms. The lowest BCUT2D eigenvalue weighted by Crippen LogP contribution is -2.26. The van der Waals surface area contributed by atoms with Gasteiger partial charge in [-0.2, -0.15) is 0 Å². The Morgan fingerprint density at radius 1 is 1.53 bits per heavy atom. The second kappa shape index (κ2) is 4.54. The van der Waals surface area contributed by atoms with E-state index in [4.69, 9.17) is 5.73 Å². The van der Waals surface area contributed by atoms with Crippen LogP contribution in [-0.2, 0) is 6.54 Å². The Hall–Kier alpha value is -0.540. The summed E-state index contributed by atoms with van der Waals surface area (Å²) < 4.78 is 0.987. The van der Waals surface area contributed by atoms with E-state index in [0.717, 1.165) is 22.7 Å². The van der Waals surface area contributed by atoms with Crippen LogP contribution in [0.2, 0.25) is 0 Å². The van der Waals surface area contributed by atoms with Gasteiger partial charge in [0.2, 0.25) is 0 Å². The van der Waals surface area contributed by atoms with Crippen LogP contribution in [0.4, 0.5) is 5.69 Å². The predicted molar refractivity (Wildman–Crippen MR) is 67.7 cm³/mol. The maximum Gasteiger partial charge on any atom is 0.0461 e. The maximum atomic E-state index is 5.86. The van der Waals surface area contributed by atoms with Crippen molar-refractivity contribution in [3.8, 4) is 0 Å². The van der Waals surface area contributed by atoms with E-state index >= 15 is 0 Å². The molecular formula is C12H17BrN2.